The average Bonchev–Trinajstić information content (AvgIpc) is 2.59. The fraction of sp³-hybridized carbons (Fsp3) is 0.222. The Morgan fingerprint density at radius 1 is 1.20 bits per heavy atom. The molecule has 5 nitrogen and oxygen atoms in total. The van der Waals surface area contributed by atoms with E-state index in [1.165, 1.54) is 0 Å². The smallest absolute Gasteiger partial charge is 0.265 e. The van der Waals surface area contributed by atoms with E-state index in [-0.39, 0.29) is 0 Å². The Balaban J connectivity index is 2.13. The van der Waals surface area contributed by atoms with Crippen molar-refractivity contribution in [1.82, 2.24) is 0 Å². The van der Waals surface area contributed by atoms with Gasteiger partial charge in [0.15, 0.2) is 17.6 Å². The van der Waals surface area contributed by atoms with Crippen LogP contribution in [0.5, 0.6) is 11.5 Å². The molecule has 0 radical (unpaired) electrons. The first kappa shape index (κ1) is 19.1. The van der Waals surface area contributed by atoms with E-state index in [4.69, 9.17) is 32.7 Å². The van der Waals surface area contributed by atoms with Gasteiger partial charge >= 0.3 is 0 Å². The lowest BCUT2D eigenvalue weighted by atomic mass is 10.2. The van der Waals surface area contributed by atoms with Gasteiger partial charge in [0.1, 0.15) is 6.29 Å². The lowest BCUT2D eigenvalue weighted by Crippen LogP contribution is -2.30. The minimum Gasteiger partial charge on any atom is -0.490 e. The van der Waals surface area contributed by atoms with Crippen molar-refractivity contribution in [1.29, 1.82) is 0 Å². The molecule has 0 saturated heterocycles. The summed E-state index contributed by atoms with van der Waals surface area (Å²) in [4.78, 5) is 23.2. The second-order valence-corrected chi connectivity index (χ2v) is 5.97. The predicted molar refractivity (Wildman–Crippen MR) is 98.2 cm³/mol. The van der Waals surface area contributed by atoms with Crippen molar-refractivity contribution >= 4 is 41.1 Å². The fourth-order valence-corrected chi connectivity index (χ4v) is 2.37. The van der Waals surface area contributed by atoms with E-state index in [9.17, 15) is 9.59 Å². The van der Waals surface area contributed by atoms with Crippen molar-refractivity contribution < 1.29 is 19.1 Å². The third-order valence-corrected chi connectivity index (χ3v) is 3.83. The van der Waals surface area contributed by atoms with Crippen LogP contribution in [0.25, 0.3) is 0 Å². The van der Waals surface area contributed by atoms with E-state index >= 15 is 0 Å². The van der Waals surface area contributed by atoms with E-state index in [1.54, 1.807) is 43.3 Å². The maximum Gasteiger partial charge on any atom is 0.265 e. The van der Waals surface area contributed by atoms with Gasteiger partial charge in [-0.3, -0.25) is 9.59 Å². The van der Waals surface area contributed by atoms with Crippen LogP contribution in [-0.4, -0.2) is 24.9 Å². The molecule has 1 atom stereocenters. The van der Waals surface area contributed by atoms with Crippen molar-refractivity contribution in [2.45, 2.75) is 20.0 Å². The highest BCUT2D eigenvalue weighted by Crippen LogP contribution is 2.30. The summed E-state index contributed by atoms with van der Waals surface area (Å²) in [5, 5.41) is 3.49. The molecular formula is C18H17Cl2NO4. The summed E-state index contributed by atoms with van der Waals surface area (Å²) in [5.74, 6) is 0.367. The zero-order valence-electron chi connectivity index (χ0n) is 13.7. The van der Waals surface area contributed by atoms with Crippen molar-refractivity contribution in [3.63, 3.8) is 0 Å². The van der Waals surface area contributed by atoms with Gasteiger partial charge in [-0.2, -0.15) is 0 Å². The summed E-state index contributed by atoms with van der Waals surface area (Å²) in [5.41, 5.74) is 0.856. The zero-order valence-corrected chi connectivity index (χ0v) is 15.2. The first-order chi connectivity index (χ1) is 11.9. The number of carbonyl (C=O) groups is 2. The number of rotatable bonds is 7. The molecule has 2 rings (SSSR count). The Kier molecular flexibility index (Phi) is 6.67. The first-order valence-electron chi connectivity index (χ1n) is 7.59. The molecule has 132 valence electrons. The second kappa shape index (κ2) is 8.74. The maximum atomic E-state index is 12.3. The topological polar surface area (TPSA) is 64.6 Å². The first-order valence-corrected chi connectivity index (χ1v) is 8.34. The summed E-state index contributed by atoms with van der Waals surface area (Å²) in [7, 11) is 0. The van der Waals surface area contributed by atoms with Crippen LogP contribution in [0.3, 0.4) is 0 Å². The number of nitrogens with one attached hydrogen (secondary N) is 1. The molecular weight excluding hydrogens is 365 g/mol. The van der Waals surface area contributed by atoms with Gasteiger partial charge in [0.25, 0.3) is 5.91 Å². The molecule has 0 fully saturated rings. The van der Waals surface area contributed by atoms with Crippen molar-refractivity contribution in [2.24, 2.45) is 0 Å². The van der Waals surface area contributed by atoms with Gasteiger partial charge in [0, 0.05) is 10.6 Å². The second-order valence-electron chi connectivity index (χ2n) is 5.13. The Hall–Kier alpha value is -2.24. The van der Waals surface area contributed by atoms with E-state index in [2.05, 4.69) is 5.32 Å². The summed E-state index contributed by atoms with van der Waals surface area (Å²) >= 11 is 11.9. The predicted octanol–water partition coefficient (Wildman–Crippen LogP) is 4.61. The number of aldehydes is 1. The Labute approximate surface area is 155 Å². The van der Waals surface area contributed by atoms with Gasteiger partial charge in [-0.25, -0.2) is 0 Å². The highest BCUT2D eigenvalue weighted by atomic mass is 35.5. The van der Waals surface area contributed by atoms with E-state index < -0.39 is 12.0 Å². The molecule has 25 heavy (non-hydrogen) atoms. The molecule has 0 aliphatic heterocycles. The quantitative estimate of drug-likeness (QED) is 0.711. The van der Waals surface area contributed by atoms with Gasteiger partial charge in [-0.15, -0.1) is 0 Å². The molecule has 2 aromatic carbocycles. The van der Waals surface area contributed by atoms with Gasteiger partial charge in [0.2, 0.25) is 0 Å². The number of anilines is 1. The van der Waals surface area contributed by atoms with Crippen molar-refractivity contribution in [3.8, 4) is 11.5 Å². The van der Waals surface area contributed by atoms with Crippen molar-refractivity contribution in [2.75, 3.05) is 11.9 Å². The number of amides is 1. The van der Waals surface area contributed by atoms with Crippen LogP contribution in [0.4, 0.5) is 5.69 Å². The number of ether oxygens (including phenoxy) is 2. The van der Waals surface area contributed by atoms with E-state index in [0.29, 0.717) is 45.7 Å². The lowest BCUT2D eigenvalue weighted by Gasteiger charge is -2.18. The summed E-state index contributed by atoms with van der Waals surface area (Å²) < 4.78 is 11.1. The van der Waals surface area contributed by atoms with Gasteiger partial charge in [-0.05, 0) is 50.2 Å². The van der Waals surface area contributed by atoms with Crippen LogP contribution < -0.4 is 14.8 Å². The third kappa shape index (κ3) is 5.11. The zero-order chi connectivity index (χ0) is 18.4. The lowest BCUT2D eigenvalue weighted by molar-refractivity contribution is -0.122. The summed E-state index contributed by atoms with van der Waals surface area (Å²) in [6, 6.07) is 9.51. The Morgan fingerprint density at radius 3 is 2.64 bits per heavy atom. The van der Waals surface area contributed by atoms with Crippen LogP contribution >= 0.6 is 23.2 Å². The largest absolute Gasteiger partial charge is 0.490 e. The Bertz CT molecular complexity index is 780. The monoisotopic (exact) mass is 381 g/mol. The van der Waals surface area contributed by atoms with Crippen molar-refractivity contribution in [3.05, 3.63) is 52.0 Å². The standard InChI is InChI=1S/C18H17Cl2NO4/c1-3-24-17-8-12(10-22)4-7-16(17)25-11(2)18(23)21-15-9-13(19)5-6-14(15)20/h4-11H,3H2,1-2H3,(H,21,23)/t11-/m1/s1. The van der Waals surface area contributed by atoms with Crippen LogP contribution in [0.1, 0.15) is 24.2 Å². The molecule has 7 heteroatoms. The number of hydrogen-bond acceptors (Lipinski definition) is 4. The normalized spacial score (nSPS) is 11.5. The van der Waals surface area contributed by atoms with Gasteiger partial charge in [-0.1, -0.05) is 23.2 Å². The fourth-order valence-electron chi connectivity index (χ4n) is 2.04. The number of halogens is 2. The number of hydrogen-bond donors (Lipinski definition) is 1. The minimum atomic E-state index is -0.823. The molecule has 0 heterocycles. The highest BCUT2D eigenvalue weighted by Gasteiger charge is 2.18. The molecule has 0 bridgehead atoms. The molecule has 0 aliphatic rings. The molecule has 0 spiro atoms. The number of carbonyl (C=O) groups excluding carboxylic acids is 2. The third-order valence-electron chi connectivity index (χ3n) is 3.26. The summed E-state index contributed by atoms with van der Waals surface area (Å²) in [6.07, 6.45) is -0.111. The van der Waals surface area contributed by atoms with Crippen LogP contribution in [-0.2, 0) is 4.79 Å². The molecule has 0 unspecified atom stereocenters. The molecule has 0 aromatic heterocycles. The van der Waals surface area contributed by atoms with Crippen LogP contribution in [0.15, 0.2) is 36.4 Å². The van der Waals surface area contributed by atoms with Crippen LogP contribution in [0, 0.1) is 0 Å². The molecule has 0 saturated carbocycles. The Morgan fingerprint density at radius 2 is 1.96 bits per heavy atom. The van der Waals surface area contributed by atoms with Gasteiger partial charge < -0.3 is 14.8 Å². The molecule has 1 amide bonds. The van der Waals surface area contributed by atoms with Crippen LogP contribution in [0.2, 0.25) is 10.0 Å². The molecule has 1 N–H and O–H groups in total. The SMILES string of the molecule is CCOc1cc(C=O)ccc1O[C@H](C)C(=O)Nc1cc(Cl)ccc1Cl. The average molecular weight is 382 g/mol. The minimum absolute atomic E-state index is 0.368. The van der Waals surface area contributed by atoms with E-state index in [1.807, 2.05) is 6.92 Å². The van der Waals surface area contributed by atoms with Gasteiger partial charge in [0.05, 0.1) is 17.3 Å². The summed E-state index contributed by atoms with van der Waals surface area (Å²) in [6.45, 7) is 3.81. The molecule has 0 aliphatic carbocycles. The molecule has 2 aromatic rings. The highest BCUT2D eigenvalue weighted by molar-refractivity contribution is 6.35. The van der Waals surface area contributed by atoms with E-state index in [0.717, 1.165) is 0 Å². The maximum absolute atomic E-state index is 12.3. The number of benzene rings is 2.